The lowest BCUT2D eigenvalue weighted by Gasteiger charge is -2.17. The first-order chi connectivity index (χ1) is 10.4. The molecule has 2 aromatic rings. The summed E-state index contributed by atoms with van der Waals surface area (Å²) in [6, 6.07) is 9.59. The summed E-state index contributed by atoms with van der Waals surface area (Å²) in [5.74, 6) is 0.572. The quantitative estimate of drug-likeness (QED) is 0.917. The SMILES string of the molecule is Cc1ccc(C)c(C(N)c2cccn(CCC(C)C)c2=O)c1. The van der Waals surface area contributed by atoms with Gasteiger partial charge in [-0.2, -0.15) is 0 Å². The Kier molecular flexibility index (Phi) is 5.19. The van der Waals surface area contributed by atoms with Gasteiger partial charge in [0.05, 0.1) is 6.04 Å². The van der Waals surface area contributed by atoms with Gasteiger partial charge < -0.3 is 10.3 Å². The monoisotopic (exact) mass is 298 g/mol. The molecule has 118 valence electrons. The highest BCUT2D eigenvalue weighted by molar-refractivity contribution is 5.38. The minimum absolute atomic E-state index is 0.0246. The number of benzene rings is 1. The van der Waals surface area contributed by atoms with Gasteiger partial charge in [0.2, 0.25) is 0 Å². The van der Waals surface area contributed by atoms with Crippen LogP contribution in [0, 0.1) is 19.8 Å². The second-order valence-electron chi connectivity index (χ2n) is 6.48. The van der Waals surface area contributed by atoms with Crippen LogP contribution in [0.4, 0.5) is 0 Å². The average Bonchev–Trinajstić information content (AvgIpc) is 2.48. The normalized spacial score (nSPS) is 12.6. The number of hydrogen-bond donors (Lipinski definition) is 1. The molecule has 0 aliphatic rings. The predicted octanol–water partition coefficient (Wildman–Crippen LogP) is 3.56. The third kappa shape index (κ3) is 3.66. The number of pyridine rings is 1. The van der Waals surface area contributed by atoms with Crippen LogP contribution in [0.5, 0.6) is 0 Å². The predicted molar refractivity (Wildman–Crippen MR) is 92.1 cm³/mol. The molecule has 1 heterocycles. The molecule has 0 bridgehead atoms. The fourth-order valence-corrected chi connectivity index (χ4v) is 2.63. The third-order valence-corrected chi connectivity index (χ3v) is 4.10. The fourth-order valence-electron chi connectivity index (χ4n) is 2.63. The van der Waals surface area contributed by atoms with E-state index in [0.717, 1.165) is 29.7 Å². The third-order valence-electron chi connectivity index (χ3n) is 4.10. The molecule has 0 spiro atoms. The zero-order chi connectivity index (χ0) is 16.3. The molecule has 0 fully saturated rings. The maximum absolute atomic E-state index is 12.7. The van der Waals surface area contributed by atoms with Crippen molar-refractivity contribution in [1.82, 2.24) is 4.57 Å². The lowest BCUT2D eigenvalue weighted by molar-refractivity contribution is 0.505. The van der Waals surface area contributed by atoms with Gasteiger partial charge in [-0.25, -0.2) is 0 Å². The number of aromatic nitrogens is 1. The molecule has 1 atom stereocenters. The van der Waals surface area contributed by atoms with E-state index in [0.29, 0.717) is 11.5 Å². The number of rotatable bonds is 5. The molecule has 3 heteroatoms. The Morgan fingerprint density at radius 1 is 1.14 bits per heavy atom. The van der Waals surface area contributed by atoms with Crippen molar-refractivity contribution >= 4 is 0 Å². The minimum atomic E-state index is -0.376. The van der Waals surface area contributed by atoms with Gasteiger partial charge in [-0.15, -0.1) is 0 Å². The van der Waals surface area contributed by atoms with Gasteiger partial charge in [-0.1, -0.05) is 43.7 Å². The number of nitrogens with two attached hydrogens (primary N) is 1. The van der Waals surface area contributed by atoms with E-state index in [2.05, 4.69) is 32.0 Å². The summed E-state index contributed by atoms with van der Waals surface area (Å²) < 4.78 is 1.78. The minimum Gasteiger partial charge on any atom is -0.320 e. The van der Waals surface area contributed by atoms with Crippen molar-refractivity contribution < 1.29 is 0 Å². The summed E-state index contributed by atoms with van der Waals surface area (Å²) in [7, 11) is 0. The van der Waals surface area contributed by atoms with Crippen LogP contribution in [-0.2, 0) is 6.54 Å². The van der Waals surface area contributed by atoms with E-state index in [9.17, 15) is 4.79 Å². The van der Waals surface area contributed by atoms with E-state index in [1.807, 2.05) is 32.2 Å². The highest BCUT2D eigenvalue weighted by atomic mass is 16.1. The van der Waals surface area contributed by atoms with E-state index in [1.165, 1.54) is 0 Å². The van der Waals surface area contributed by atoms with Gasteiger partial charge in [-0.05, 0) is 43.4 Å². The fraction of sp³-hybridized carbons (Fsp3) is 0.421. The summed E-state index contributed by atoms with van der Waals surface area (Å²) in [5, 5.41) is 0. The van der Waals surface area contributed by atoms with Gasteiger partial charge in [-0.3, -0.25) is 4.79 Å². The van der Waals surface area contributed by atoms with Crippen LogP contribution >= 0.6 is 0 Å². The largest absolute Gasteiger partial charge is 0.320 e. The zero-order valence-electron chi connectivity index (χ0n) is 14.0. The molecule has 1 aromatic carbocycles. The number of aryl methyl sites for hydroxylation is 3. The number of nitrogens with zero attached hydrogens (tertiary/aromatic N) is 1. The Labute approximate surface area is 132 Å². The van der Waals surface area contributed by atoms with Gasteiger partial charge in [0, 0.05) is 18.3 Å². The Morgan fingerprint density at radius 3 is 2.55 bits per heavy atom. The van der Waals surface area contributed by atoms with Crippen molar-refractivity contribution in [1.29, 1.82) is 0 Å². The van der Waals surface area contributed by atoms with Crippen LogP contribution in [0.25, 0.3) is 0 Å². The van der Waals surface area contributed by atoms with E-state index >= 15 is 0 Å². The summed E-state index contributed by atoms with van der Waals surface area (Å²) in [5.41, 5.74) is 10.4. The summed E-state index contributed by atoms with van der Waals surface area (Å²) in [4.78, 5) is 12.7. The van der Waals surface area contributed by atoms with Gasteiger partial charge in [0.15, 0.2) is 0 Å². The highest BCUT2D eigenvalue weighted by Gasteiger charge is 2.16. The molecule has 0 aliphatic carbocycles. The topological polar surface area (TPSA) is 48.0 Å². The van der Waals surface area contributed by atoms with E-state index in [4.69, 9.17) is 5.73 Å². The molecular weight excluding hydrogens is 272 g/mol. The van der Waals surface area contributed by atoms with E-state index in [-0.39, 0.29) is 11.6 Å². The summed E-state index contributed by atoms with van der Waals surface area (Å²) in [6.07, 6.45) is 2.84. The molecular formula is C19H26N2O. The maximum atomic E-state index is 12.7. The highest BCUT2D eigenvalue weighted by Crippen LogP contribution is 2.21. The van der Waals surface area contributed by atoms with Crippen molar-refractivity contribution in [3.8, 4) is 0 Å². The van der Waals surface area contributed by atoms with Crippen molar-refractivity contribution in [3.05, 3.63) is 69.1 Å². The van der Waals surface area contributed by atoms with Gasteiger partial charge in [0.25, 0.3) is 5.56 Å². The van der Waals surface area contributed by atoms with Crippen LogP contribution < -0.4 is 11.3 Å². The van der Waals surface area contributed by atoms with Gasteiger partial charge >= 0.3 is 0 Å². The first-order valence-electron chi connectivity index (χ1n) is 7.92. The molecule has 0 aliphatic heterocycles. The van der Waals surface area contributed by atoms with Crippen LogP contribution in [0.15, 0.2) is 41.3 Å². The molecule has 0 radical (unpaired) electrons. The molecule has 22 heavy (non-hydrogen) atoms. The standard InChI is InChI=1S/C19H26N2O/c1-13(2)9-11-21-10-5-6-16(19(21)22)18(20)17-12-14(3)7-8-15(17)4/h5-8,10,12-13,18H,9,11,20H2,1-4H3. The van der Waals surface area contributed by atoms with E-state index < -0.39 is 0 Å². The van der Waals surface area contributed by atoms with E-state index in [1.54, 1.807) is 4.57 Å². The zero-order valence-corrected chi connectivity index (χ0v) is 14.0. The van der Waals surface area contributed by atoms with Crippen molar-refractivity contribution in [2.24, 2.45) is 11.7 Å². The molecule has 1 aromatic heterocycles. The molecule has 2 N–H and O–H groups in total. The second-order valence-corrected chi connectivity index (χ2v) is 6.48. The van der Waals surface area contributed by atoms with Crippen LogP contribution in [0.1, 0.15) is 48.6 Å². The molecule has 0 saturated heterocycles. The van der Waals surface area contributed by atoms with Crippen LogP contribution in [0.2, 0.25) is 0 Å². The lowest BCUT2D eigenvalue weighted by atomic mass is 9.95. The lowest BCUT2D eigenvalue weighted by Crippen LogP contribution is -2.29. The average molecular weight is 298 g/mol. The maximum Gasteiger partial charge on any atom is 0.255 e. The first-order valence-corrected chi connectivity index (χ1v) is 7.92. The van der Waals surface area contributed by atoms with Crippen LogP contribution in [-0.4, -0.2) is 4.57 Å². The molecule has 0 saturated carbocycles. The Hall–Kier alpha value is -1.87. The Morgan fingerprint density at radius 2 is 1.86 bits per heavy atom. The smallest absolute Gasteiger partial charge is 0.255 e. The van der Waals surface area contributed by atoms with Crippen LogP contribution in [0.3, 0.4) is 0 Å². The van der Waals surface area contributed by atoms with Crippen molar-refractivity contribution in [2.75, 3.05) is 0 Å². The summed E-state index contributed by atoms with van der Waals surface area (Å²) >= 11 is 0. The van der Waals surface area contributed by atoms with Gasteiger partial charge in [0.1, 0.15) is 0 Å². The Balaban J connectivity index is 2.38. The second kappa shape index (κ2) is 6.93. The van der Waals surface area contributed by atoms with Crippen molar-refractivity contribution in [2.45, 2.75) is 46.7 Å². The first kappa shape index (κ1) is 16.5. The molecule has 2 rings (SSSR count). The molecule has 0 amide bonds. The molecule has 3 nitrogen and oxygen atoms in total. The van der Waals surface area contributed by atoms with Crippen molar-refractivity contribution in [3.63, 3.8) is 0 Å². The number of hydrogen-bond acceptors (Lipinski definition) is 2. The summed E-state index contributed by atoms with van der Waals surface area (Å²) in [6.45, 7) is 9.15. The Bertz CT molecular complexity index is 701. The molecule has 1 unspecified atom stereocenters.